The van der Waals surface area contributed by atoms with Gasteiger partial charge in [-0.2, -0.15) is 5.26 Å². The molecule has 0 aliphatic heterocycles. The van der Waals surface area contributed by atoms with Gasteiger partial charge in [-0.05, 0) is 44.6 Å². The first-order valence-corrected chi connectivity index (χ1v) is 7.73. The standard InChI is InChI=1S/C17H22ClNO/c1-3-13-8-10-17(12-19,11-9-13)16(2,20)14-6-4-5-7-15(14)18/h4-7,13,20H,3,8-11H2,1-2H3. The molecular weight excluding hydrogens is 270 g/mol. The molecule has 0 spiro atoms. The first-order valence-electron chi connectivity index (χ1n) is 7.35. The Labute approximate surface area is 126 Å². The third-order valence-electron chi connectivity index (χ3n) is 5.08. The molecule has 2 rings (SSSR count). The summed E-state index contributed by atoms with van der Waals surface area (Å²) in [5.41, 5.74) is -1.28. The van der Waals surface area contributed by atoms with E-state index in [0.717, 1.165) is 32.1 Å². The Balaban J connectivity index is 2.36. The lowest BCUT2D eigenvalue weighted by atomic mass is 9.60. The number of nitriles is 1. The Bertz CT molecular complexity index is 510. The first kappa shape index (κ1) is 15.4. The van der Waals surface area contributed by atoms with E-state index in [1.807, 2.05) is 18.2 Å². The van der Waals surface area contributed by atoms with Crippen LogP contribution in [0.15, 0.2) is 24.3 Å². The van der Waals surface area contributed by atoms with Crippen molar-refractivity contribution in [2.24, 2.45) is 11.3 Å². The monoisotopic (exact) mass is 291 g/mol. The van der Waals surface area contributed by atoms with Gasteiger partial charge in [-0.25, -0.2) is 0 Å². The minimum atomic E-state index is -1.21. The van der Waals surface area contributed by atoms with E-state index >= 15 is 0 Å². The lowest BCUT2D eigenvalue weighted by molar-refractivity contribution is -0.0697. The zero-order valence-corrected chi connectivity index (χ0v) is 13.0. The van der Waals surface area contributed by atoms with Crippen molar-refractivity contribution < 1.29 is 5.11 Å². The van der Waals surface area contributed by atoms with Crippen molar-refractivity contribution in [2.45, 2.75) is 51.6 Å². The summed E-state index contributed by atoms with van der Waals surface area (Å²) in [5, 5.41) is 21.4. The second kappa shape index (κ2) is 5.76. The lowest BCUT2D eigenvalue weighted by Crippen LogP contribution is -2.45. The second-order valence-corrected chi connectivity index (χ2v) is 6.50. The highest BCUT2D eigenvalue weighted by molar-refractivity contribution is 6.31. The van der Waals surface area contributed by atoms with E-state index in [9.17, 15) is 10.4 Å². The van der Waals surface area contributed by atoms with E-state index in [2.05, 4.69) is 13.0 Å². The summed E-state index contributed by atoms with van der Waals surface area (Å²) < 4.78 is 0. The number of nitrogens with zero attached hydrogens (tertiary/aromatic N) is 1. The molecule has 1 saturated carbocycles. The number of hydrogen-bond donors (Lipinski definition) is 1. The van der Waals surface area contributed by atoms with E-state index < -0.39 is 11.0 Å². The molecule has 1 aromatic rings. The van der Waals surface area contributed by atoms with Gasteiger partial charge in [-0.15, -0.1) is 0 Å². The molecule has 1 fully saturated rings. The first-order chi connectivity index (χ1) is 9.47. The Kier molecular flexibility index (Phi) is 4.42. The number of halogens is 1. The highest BCUT2D eigenvalue weighted by atomic mass is 35.5. The predicted octanol–water partition coefficient (Wildman–Crippen LogP) is 4.66. The summed E-state index contributed by atoms with van der Waals surface area (Å²) in [5.74, 6) is 0.679. The number of hydrogen-bond acceptors (Lipinski definition) is 2. The molecule has 0 radical (unpaired) electrons. The fourth-order valence-corrected chi connectivity index (χ4v) is 3.72. The minimum absolute atomic E-state index is 0.532. The smallest absolute Gasteiger partial charge is 0.107 e. The quantitative estimate of drug-likeness (QED) is 0.880. The molecule has 1 aromatic carbocycles. The molecule has 1 atom stereocenters. The maximum absolute atomic E-state index is 11.1. The van der Waals surface area contributed by atoms with Gasteiger partial charge < -0.3 is 5.11 Å². The molecule has 0 heterocycles. The molecule has 0 saturated heterocycles. The molecule has 0 bridgehead atoms. The fraction of sp³-hybridized carbons (Fsp3) is 0.588. The summed E-state index contributed by atoms with van der Waals surface area (Å²) in [6, 6.07) is 9.72. The number of rotatable bonds is 3. The van der Waals surface area contributed by atoms with Crippen LogP contribution in [0.2, 0.25) is 5.02 Å². The predicted molar refractivity (Wildman–Crippen MR) is 81.3 cm³/mol. The van der Waals surface area contributed by atoms with Gasteiger partial charge in [0.05, 0.1) is 11.5 Å². The van der Waals surface area contributed by atoms with E-state index in [1.54, 1.807) is 13.0 Å². The topological polar surface area (TPSA) is 44.0 Å². The van der Waals surface area contributed by atoms with Crippen molar-refractivity contribution in [1.29, 1.82) is 5.26 Å². The highest BCUT2D eigenvalue weighted by Gasteiger charge is 2.50. The average Bonchev–Trinajstić information content (AvgIpc) is 2.47. The van der Waals surface area contributed by atoms with Crippen molar-refractivity contribution in [3.8, 4) is 6.07 Å². The minimum Gasteiger partial charge on any atom is -0.384 e. The van der Waals surface area contributed by atoms with Crippen LogP contribution in [0, 0.1) is 22.7 Å². The summed E-state index contributed by atoms with van der Waals surface area (Å²) in [6.45, 7) is 3.93. The number of aliphatic hydroxyl groups is 1. The van der Waals surface area contributed by atoms with Crippen molar-refractivity contribution in [3.63, 3.8) is 0 Å². The zero-order valence-electron chi connectivity index (χ0n) is 12.2. The van der Waals surface area contributed by atoms with Crippen LogP contribution in [-0.2, 0) is 5.60 Å². The maximum Gasteiger partial charge on any atom is 0.107 e. The zero-order chi connectivity index (χ0) is 14.8. The van der Waals surface area contributed by atoms with Gasteiger partial charge in [0.1, 0.15) is 5.60 Å². The molecule has 0 amide bonds. The van der Waals surface area contributed by atoms with Crippen molar-refractivity contribution in [2.75, 3.05) is 0 Å². The largest absolute Gasteiger partial charge is 0.384 e. The van der Waals surface area contributed by atoms with Gasteiger partial charge in [0.2, 0.25) is 0 Å². The van der Waals surface area contributed by atoms with Gasteiger partial charge in [-0.3, -0.25) is 0 Å². The molecule has 1 N–H and O–H groups in total. The highest BCUT2D eigenvalue weighted by Crippen LogP contribution is 2.52. The van der Waals surface area contributed by atoms with Crippen LogP contribution in [0.25, 0.3) is 0 Å². The van der Waals surface area contributed by atoms with Crippen LogP contribution in [0.1, 0.15) is 51.5 Å². The average molecular weight is 292 g/mol. The summed E-state index contributed by atoms with van der Waals surface area (Å²) in [6.07, 6.45) is 4.63. The summed E-state index contributed by atoms with van der Waals surface area (Å²) >= 11 is 6.23. The second-order valence-electron chi connectivity index (χ2n) is 6.10. The molecule has 20 heavy (non-hydrogen) atoms. The van der Waals surface area contributed by atoms with Gasteiger partial charge in [0.15, 0.2) is 0 Å². The maximum atomic E-state index is 11.1. The summed E-state index contributed by atoms with van der Waals surface area (Å²) in [7, 11) is 0. The van der Waals surface area contributed by atoms with Crippen LogP contribution >= 0.6 is 11.6 Å². The Morgan fingerprint density at radius 3 is 2.50 bits per heavy atom. The van der Waals surface area contributed by atoms with Gasteiger partial charge in [0.25, 0.3) is 0 Å². The summed E-state index contributed by atoms with van der Waals surface area (Å²) in [4.78, 5) is 0. The van der Waals surface area contributed by atoms with Crippen LogP contribution in [0.3, 0.4) is 0 Å². The third-order valence-corrected chi connectivity index (χ3v) is 5.41. The van der Waals surface area contributed by atoms with Crippen LogP contribution in [-0.4, -0.2) is 5.11 Å². The molecule has 1 unspecified atom stereocenters. The van der Waals surface area contributed by atoms with Crippen LogP contribution in [0.4, 0.5) is 0 Å². The molecular formula is C17H22ClNO. The fourth-order valence-electron chi connectivity index (χ4n) is 3.40. The van der Waals surface area contributed by atoms with Crippen LogP contribution in [0.5, 0.6) is 0 Å². The van der Waals surface area contributed by atoms with E-state index in [0.29, 0.717) is 16.5 Å². The Morgan fingerprint density at radius 2 is 2.00 bits per heavy atom. The third kappa shape index (κ3) is 2.45. The lowest BCUT2D eigenvalue weighted by Gasteiger charge is -2.45. The van der Waals surface area contributed by atoms with E-state index in [4.69, 9.17) is 11.6 Å². The van der Waals surface area contributed by atoms with E-state index in [-0.39, 0.29) is 0 Å². The molecule has 108 valence electrons. The van der Waals surface area contributed by atoms with Crippen molar-refractivity contribution in [1.82, 2.24) is 0 Å². The molecule has 1 aliphatic rings. The van der Waals surface area contributed by atoms with Gasteiger partial charge in [0, 0.05) is 10.6 Å². The molecule has 3 heteroatoms. The van der Waals surface area contributed by atoms with Crippen molar-refractivity contribution in [3.05, 3.63) is 34.9 Å². The van der Waals surface area contributed by atoms with Gasteiger partial charge in [-0.1, -0.05) is 43.1 Å². The molecule has 2 nitrogen and oxygen atoms in total. The molecule has 1 aliphatic carbocycles. The van der Waals surface area contributed by atoms with E-state index in [1.165, 1.54) is 0 Å². The Morgan fingerprint density at radius 1 is 1.40 bits per heavy atom. The van der Waals surface area contributed by atoms with Crippen molar-refractivity contribution >= 4 is 11.6 Å². The number of benzene rings is 1. The SMILES string of the molecule is CCC1CCC(C#N)(C(C)(O)c2ccccc2Cl)CC1. The normalized spacial score (nSPS) is 29.4. The van der Waals surface area contributed by atoms with Crippen LogP contribution < -0.4 is 0 Å². The van der Waals surface area contributed by atoms with Gasteiger partial charge >= 0.3 is 0 Å². The molecule has 0 aromatic heterocycles. The Hall–Kier alpha value is -1.04.